The van der Waals surface area contributed by atoms with Crippen LogP contribution < -0.4 is 0 Å². The summed E-state index contributed by atoms with van der Waals surface area (Å²) in [6.07, 6.45) is 0.478. The van der Waals surface area contributed by atoms with Crippen LogP contribution in [0.2, 0.25) is 0 Å². The fourth-order valence-electron chi connectivity index (χ4n) is 2.02. The first-order valence-corrected chi connectivity index (χ1v) is 6.99. The third-order valence-electron chi connectivity index (χ3n) is 3.09. The van der Waals surface area contributed by atoms with Crippen LogP contribution in [0.1, 0.15) is 23.8 Å². The van der Waals surface area contributed by atoms with Gasteiger partial charge in [-0.1, -0.05) is 19.1 Å². The number of hydrogen-bond acceptors (Lipinski definition) is 4. The van der Waals surface area contributed by atoms with Gasteiger partial charge < -0.3 is 4.57 Å². The summed E-state index contributed by atoms with van der Waals surface area (Å²) >= 11 is 1.46. The molecule has 0 spiro atoms. The van der Waals surface area contributed by atoms with E-state index in [1.54, 1.807) is 5.38 Å². The lowest BCUT2D eigenvalue weighted by Gasteiger charge is -1.97. The fourth-order valence-corrected chi connectivity index (χ4v) is 2.87. The Hall–Kier alpha value is -2.01. The van der Waals surface area contributed by atoms with Crippen LogP contribution in [0.25, 0.3) is 21.9 Å². The van der Waals surface area contributed by atoms with Gasteiger partial charge >= 0.3 is 0 Å². The number of Topliss-reactive ketones (excluding diaryl/α,β-unsaturated/α-hetero) is 1. The molecule has 4 nitrogen and oxygen atoms in total. The number of carbonyl (C=O) groups excluding carboxylic acids is 1. The molecule has 0 aliphatic carbocycles. The number of rotatable bonds is 3. The van der Waals surface area contributed by atoms with Crippen molar-refractivity contribution in [1.82, 2.24) is 14.5 Å². The molecule has 0 unspecified atom stereocenters. The van der Waals surface area contributed by atoms with Crippen molar-refractivity contribution in [3.8, 4) is 10.8 Å². The Morgan fingerprint density at radius 2 is 2.11 bits per heavy atom. The summed E-state index contributed by atoms with van der Waals surface area (Å²) in [6, 6.07) is 7.96. The smallest absolute Gasteiger partial charge is 0.181 e. The van der Waals surface area contributed by atoms with Crippen molar-refractivity contribution in [2.75, 3.05) is 0 Å². The molecule has 0 aliphatic heterocycles. The third-order valence-corrected chi connectivity index (χ3v) is 3.93. The van der Waals surface area contributed by atoms with E-state index in [1.807, 2.05) is 42.8 Å². The van der Waals surface area contributed by atoms with E-state index in [4.69, 9.17) is 0 Å². The number of imidazole rings is 1. The highest BCUT2D eigenvalue weighted by atomic mass is 32.1. The minimum absolute atomic E-state index is 0.0706. The number of nitrogens with zero attached hydrogens (tertiary/aromatic N) is 3. The van der Waals surface area contributed by atoms with E-state index in [0.717, 1.165) is 21.9 Å². The topological polar surface area (TPSA) is 47.8 Å². The molecule has 0 bridgehead atoms. The number of hydrogen-bond donors (Lipinski definition) is 0. The quantitative estimate of drug-likeness (QED) is 0.687. The molecule has 3 aromatic rings. The maximum absolute atomic E-state index is 11.6. The zero-order chi connectivity index (χ0) is 13.4. The number of carbonyl (C=O) groups is 1. The summed E-state index contributed by atoms with van der Waals surface area (Å²) in [5, 5.41) is 2.59. The maximum Gasteiger partial charge on any atom is 0.181 e. The van der Waals surface area contributed by atoms with Gasteiger partial charge in [-0.05, 0) is 12.1 Å². The second-order valence-corrected chi connectivity index (χ2v) is 5.16. The molecule has 5 heteroatoms. The molecule has 2 aromatic heterocycles. The van der Waals surface area contributed by atoms with Crippen molar-refractivity contribution in [2.24, 2.45) is 7.05 Å². The molecule has 19 heavy (non-hydrogen) atoms. The molecule has 0 fully saturated rings. The van der Waals surface area contributed by atoms with Crippen molar-refractivity contribution in [1.29, 1.82) is 0 Å². The molecule has 0 saturated heterocycles. The molecular formula is C14H13N3OS. The Kier molecular flexibility index (Phi) is 2.91. The Morgan fingerprint density at radius 3 is 2.84 bits per heavy atom. The third kappa shape index (κ3) is 1.96. The van der Waals surface area contributed by atoms with E-state index in [2.05, 4.69) is 9.97 Å². The Balaban J connectivity index is 2.11. The van der Waals surface area contributed by atoms with Gasteiger partial charge in [-0.25, -0.2) is 9.97 Å². The molecule has 0 radical (unpaired) electrons. The molecule has 0 amide bonds. The number of para-hydroxylation sites is 2. The average molecular weight is 271 g/mol. The summed E-state index contributed by atoms with van der Waals surface area (Å²) in [5.74, 6) is 0.877. The van der Waals surface area contributed by atoms with Crippen LogP contribution in [-0.2, 0) is 7.05 Å². The SMILES string of the molecule is CCC(=O)c1csc(-c2nc3ccccc3n2C)n1. The predicted octanol–water partition coefficient (Wildman–Crippen LogP) is 3.29. The summed E-state index contributed by atoms with van der Waals surface area (Å²) < 4.78 is 2.01. The first-order chi connectivity index (χ1) is 9.20. The van der Waals surface area contributed by atoms with Crippen LogP contribution in [0.3, 0.4) is 0 Å². The van der Waals surface area contributed by atoms with E-state index in [1.165, 1.54) is 11.3 Å². The van der Waals surface area contributed by atoms with E-state index >= 15 is 0 Å². The van der Waals surface area contributed by atoms with E-state index < -0.39 is 0 Å². The van der Waals surface area contributed by atoms with Crippen LogP contribution in [0.15, 0.2) is 29.6 Å². The van der Waals surface area contributed by atoms with E-state index in [9.17, 15) is 4.79 Å². The molecule has 1 aromatic carbocycles. The minimum Gasteiger partial charge on any atom is -0.325 e. The first-order valence-electron chi connectivity index (χ1n) is 6.11. The molecule has 3 rings (SSSR count). The predicted molar refractivity (Wildman–Crippen MR) is 76.4 cm³/mol. The Morgan fingerprint density at radius 1 is 1.32 bits per heavy atom. The fraction of sp³-hybridized carbons (Fsp3) is 0.214. The number of ketones is 1. The highest BCUT2D eigenvalue weighted by Crippen LogP contribution is 2.26. The standard InChI is InChI=1S/C14H13N3OS/c1-3-12(18)10-8-19-14(16-10)13-15-9-6-4-5-7-11(9)17(13)2/h4-8H,3H2,1-2H3. The normalized spacial score (nSPS) is 11.1. The second-order valence-electron chi connectivity index (χ2n) is 4.30. The zero-order valence-corrected chi connectivity index (χ0v) is 11.6. The summed E-state index contributed by atoms with van der Waals surface area (Å²) in [4.78, 5) is 20.6. The largest absolute Gasteiger partial charge is 0.325 e. The average Bonchev–Trinajstić information content (AvgIpc) is 3.04. The monoisotopic (exact) mass is 271 g/mol. The van der Waals surface area contributed by atoms with Crippen LogP contribution in [0, 0.1) is 0 Å². The first kappa shape index (κ1) is 12.0. The van der Waals surface area contributed by atoms with Crippen LogP contribution in [-0.4, -0.2) is 20.3 Å². The lowest BCUT2D eigenvalue weighted by atomic mass is 10.2. The highest BCUT2D eigenvalue weighted by Gasteiger charge is 2.15. The number of aromatic nitrogens is 3. The number of benzene rings is 1. The minimum atomic E-state index is 0.0706. The van der Waals surface area contributed by atoms with Gasteiger partial charge in [0.2, 0.25) is 0 Å². The molecule has 0 N–H and O–H groups in total. The summed E-state index contributed by atoms with van der Waals surface area (Å²) in [5.41, 5.74) is 2.55. The Bertz CT molecular complexity index is 757. The van der Waals surface area contributed by atoms with E-state index in [0.29, 0.717) is 12.1 Å². The molecule has 96 valence electrons. The van der Waals surface area contributed by atoms with Crippen molar-refractivity contribution < 1.29 is 4.79 Å². The summed E-state index contributed by atoms with van der Waals surface area (Å²) in [7, 11) is 1.97. The lowest BCUT2D eigenvalue weighted by Crippen LogP contribution is -1.97. The van der Waals surface area contributed by atoms with Crippen molar-refractivity contribution in [2.45, 2.75) is 13.3 Å². The van der Waals surface area contributed by atoms with E-state index in [-0.39, 0.29) is 5.78 Å². The molecule has 0 aliphatic rings. The number of aryl methyl sites for hydroxylation is 1. The molecule has 0 atom stereocenters. The zero-order valence-electron chi connectivity index (χ0n) is 10.8. The van der Waals surface area contributed by atoms with Gasteiger partial charge in [-0.2, -0.15) is 0 Å². The van der Waals surface area contributed by atoms with Gasteiger partial charge in [-0.15, -0.1) is 11.3 Å². The highest BCUT2D eigenvalue weighted by molar-refractivity contribution is 7.13. The molecular weight excluding hydrogens is 258 g/mol. The van der Waals surface area contributed by atoms with Crippen LogP contribution in [0.5, 0.6) is 0 Å². The lowest BCUT2D eigenvalue weighted by molar-refractivity contribution is 0.0984. The van der Waals surface area contributed by atoms with Gasteiger partial charge in [0.25, 0.3) is 0 Å². The maximum atomic E-state index is 11.6. The van der Waals surface area contributed by atoms with Crippen LogP contribution >= 0.6 is 11.3 Å². The number of thiazole rings is 1. The van der Waals surface area contributed by atoms with Crippen molar-refractivity contribution in [3.63, 3.8) is 0 Å². The summed E-state index contributed by atoms with van der Waals surface area (Å²) in [6.45, 7) is 1.84. The van der Waals surface area contributed by atoms with Crippen LogP contribution in [0.4, 0.5) is 0 Å². The van der Waals surface area contributed by atoms with Gasteiger partial charge in [0, 0.05) is 18.8 Å². The molecule has 2 heterocycles. The van der Waals surface area contributed by atoms with Gasteiger partial charge in [0.05, 0.1) is 11.0 Å². The van der Waals surface area contributed by atoms with Crippen molar-refractivity contribution >= 4 is 28.2 Å². The van der Waals surface area contributed by atoms with Crippen molar-refractivity contribution in [3.05, 3.63) is 35.3 Å². The Labute approximate surface area is 114 Å². The molecule has 0 saturated carbocycles. The van der Waals surface area contributed by atoms with Gasteiger partial charge in [0.15, 0.2) is 16.6 Å². The second kappa shape index (κ2) is 4.59. The van der Waals surface area contributed by atoms with Gasteiger partial charge in [-0.3, -0.25) is 4.79 Å². The van der Waals surface area contributed by atoms with Gasteiger partial charge in [0.1, 0.15) is 5.69 Å². The number of fused-ring (bicyclic) bond motifs is 1.